The maximum Gasteiger partial charge on any atom is 0.336 e. The molecule has 20 heavy (non-hydrogen) atoms. The fraction of sp³-hybridized carbons (Fsp3) is 0.231. The van der Waals surface area contributed by atoms with Gasteiger partial charge in [0.1, 0.15) is 4.88 Å². The molecule has 2 N–H and O–H groups in total. The molecule has 0 bridgehead atoms. The molecular formula is C13H13N3O3S. The lowest BCUT2D eigenvalue weighted by molar-refractivity contribution is 0.0695. The van der Waals surface area contributed by atoms with Crippen LogP contribution in [0.25, 0.3) is 0 Å². The van der Waals surface area contributed by atoms with Gasteiger partial charge in [-0.25, -0.2) is 4.79 Å². The Balaban J connectivity index is 2.24. The van der Waals surface area contributed by atoms with Crippen LogP contribution in [0.1, 0.15) is 38.2 Å². The molecule has 0 radical (unpaired) electrons. The number of carboxylic acid groups (broad SMARTS) is 1. The lowest BCUT2D eigenvalue weighted by atomic mass is 10.1. The second-order valence-electron chi connectivity index (χ2n) is 4.19. The largest absolute Gasteiger partial charge is 0.478 e. The van der Waals surface area contributed by atoms with Crippen LogP contribution in [0, 0.1) is 6.92 Å². The maximum absolute atomic E-state index is 12.1. The molecule has 104 valence electrons. The summed E-state index contributed by atoms with van der Waals surface area (Å²) in [5, 5.41) is 15.6. The number of nitrogens with one attached hydrogen (secondary N) is 1. The average Bonchev–Trinajstić information content (AvgIpc) is 2.89. The van der Waals surface area contributed by atoms with Crippen molar-refractivity contribution < 1.29 is 14.7 Å². The molecule has 1 aromatic heterocycles. The summed E-state index contributed by atoms with van der Waals surface area (Å²) in [5.74, 6) is -1.34. The van der Waals surface area contributed by atoms with Crippen LogP contribution < -0.4 is 5.32 Å². The molecule has 2 aromatic rings. The zero-order valence-electron chi connectivity index (χ0n) is 11.0. The van der Waals surface area contributed by atoms with Gasteiger partial charge in [0.15, 0.2) is 0 Å². The number of aromatic nitrogens is 2. The number of rotatable bonds is 4. The summed E-state index contributed by atoms with van der Waals surface area (Å²) in [4.78, 5) is 23.6. The van der Waals surface area contributed by atoms with E-state index in [4.69, 9.17) is 5.11 Å². The highest BCUT2D eigenvalue weighted by molar-refractivity contribution is 7.08. The van der Waals surface area contributed by atoms with Crippen molar-refractivity contribution in [2.75, 3.05) is 5.32 Å². The third-order valence-corrected chi connectivity index (χ3v) is 3.59. The minimum absolute atomic E-state index is 0.168. The predicted molar refractivity (Wildman–Crippen MR) is 75.4 cm³/mol. The van der Waals surface area contributed by atoms with Crippen molar-refractivity contribution in [3.05, 3.63) is 39.9 Å². The third kappa shape index (κ3) is 2.83. The number of aryl methyl sites for hydroxylation is 2. The number of carbonyl (C=O) groups excluding carboxylic acids is 1. The number of hydrogen-bond acceptors (Lipinski definition) is 5. The smallest absolute Gasteiger partial charge is 0.336 e. The summed E-state index contributed by atoms with van der Waals surface area (Å²) in [7, 11) is 0. The second-order valence-corrected chi connectivity index (χ2v) is 4.95. The van der Waals surface area contributed by atoms with Gasteiger partial charge in [0.25, 0.3) is 5.91 Å². The van der Waals surface area contributed by atoms with Crippen LogP contribution in [0.5, 0.6) is 0 Å². The Kier molecular flexibility index (Phi) is 4.09. The van der Waals surface area contributed by atoms with Crippen molar-refractivity contribution >= 4 is 29.1 Å². The van der Waals surface area contributed by atoms with Gasteiger partial charge in [0.05, 0.1) is 11.3 Å². The van der Waals surface area contributed by atoms with Gasteiger partial charge in [0.2, 0.25) is 0 Å². The van der Waals surface area contributed by atoms with Crippen molar-refractivity contribution in [1.29, 1.82) is 0 Å². The monoisotopic (exact) mass is 291 g/mol. The summed E-state index contributed by atoms with van der Waals surface area (Å²) >= 11 is 1.03. The van der Waals surface area contributed by atoms with Crippen LogP contribution in [0.15, 0.2) is 18.2 Å². The van der Waals surface area contributed by atoms with Crippen molar-refractivity contribution in [1.82, 2.24) is 9.59 Å². The molecule has 1 aromatic carbocycles. The van der Waals surface area contributed by atoms with Gasteiger partial charge in [-0.3, -0.25) is 4.79 Å². The zero-order chi connectivity index (χ0) is 14.7. The number of amides is 1. The van der Waals surface area contributed by atoms with Gasteiger partial charge in [-0.15, -0.1) is 5.10 Å². The number of benzene rings is 1. The summed E-state index contributed by atoms with van der Waals surface area (Å²) < 4.78 is 3.75. The van der Waals surface area contributed by atoms with Crippen molar-refractivity contribution in [3.63, 3.8) is 0 Å². The van der Waals surface area contributed by atoms with E-state index in [-0.39, 0.29) is 11.5 Å². The molecule has 1 heterocycles. The SMILES string of the molecule is CCc1nnsc1C(=O)Nc1ccc(C)c(C(=O)O)c1. The van der Waals surface area contributed by atoms with Crippen LogP contribution in [0.4, 0.5) is 5.69 Å². The van der Waals surface area contributed by atoms with Crippen molar-refractivity contribution in [2.45, 2.75) is 20.3 Å². The summed E-state index contributed by atoms with van der Waals surface area (Å²) in [6.45, 7) is 3.60. The number of carboxylic acids is 1. The van der Waals surface area contributed by atoms with E-state index < -0.39 is 5.97 Å². The first-order chi connectivity index (χ1) is 9.52. The van der Waals surface area contributed by atoms with E-state index in [2.05, 4.69) is 14.9 Å². The first-order valence-electron chi connectivity index (χ1n) is 5.99. The lowest BCUT2D eigenvalue weighted by Crippen LogP contribution is -2.13. The van der Waals surface area contributed by atoms with Crippen LogP contribution >= 0.6 is 11.5 Å². The molecule has 1 amide bonds. The summed E-state index contributed by atoms with van der Waals surface area (Å²) in [6.07, 6.45) is 0.619. The fourth-order valence-electron chi connectivity index (χ4n) is 1.73. The van der Waals surface area contributed by atoms with E-state index in [0.717, 1.165) is 11.5 Å². The lowest BCUT2D eigenvalue weighted by Gasteiger charge is -2.07. The van der Waals surface area contributed by atoms with E-state index in [1.165, 1.54) is 6.07 Å². The number of carbonyl (C=O) groups is 2. The van der Waals surface area contributed by atoms with Crippen LogP contribution in [0.2, 0.25) is 0 Å². The van der Waals surface area contributed by atoms with Gasteiger partial charge in [0, 0.05) is 5.69 Å². The number of aromatic carboxylic acids is 1. The minimum Gasteiger partial charge on any atom is -0.478 e. The van der Waals surface area contributed by atoms with Gasteiger partial charge in [-0.1, -0.05) is 17.5 Å². The quantitative estimate of drug-likeness (QED) is 0.902. The van der Waals surface area contributed by atoms with E-state index in [0.29, 0.717) is 28.2 Å². The van der Waals surface area contributed by atoms with Crippen molar-refractivity contribution in [2.24, 2.45) is 0 Å². The Bertz CT molecular complexity index is 667. The first kappa shape index (κ1) is 14.1. The molecule has 0 spiro atoms. The molecule has 0 atom stereocenters. The average molecular weight is 291 g/mol. The number of hydrogen-bond donors (Lipinski definition) is 2. The standard InChI is InChI=1S/C13H13N3O3S/c1-3-10-11(20-16-15-10)12(17)14-8-5-4-7(2)9(6-8)13(18)19/h4-6H,3H2,1-2H3,(H,14,17)(H,18,19). The Morgan fingerprint density at radius 2 is 2.15 bits per heavy atom. The molecule has 2 rings (SSSR count). The minimum atomic E-state index is -1.02. The second kappa shape index (κ2) is 5.79. The van der Waals surface area contributed by atoms with Crippen molar-refractivity contribution in [3.8, 4) is 0 Å². The third-order valence-electron chi connectivity index (χ3n) is 2.82. The Morgan fingerprint density at radius 1 is 1.40 bits per heavy atom. The molecule has 0 saturated carbocycles. The van der Waals surface area contributed by atoms with Crippen LogP contribution in [-0.2, 0) is 6.42 Å². The zero-order valence-corrected chi connectivity index (χ0v) is 11.8. The van der Waals surface area contributed by atoms with E-state index in [1.807, 2.05) is 6.92 Å². The molecular weight excluding hydrogens is 278 g/mol. The maximum atomic E-state index is 12.1. The predicted octanol–water partition coefficient (Wildman–Crippen LogP) is 2.36. The van der Waals surface area contributed by atoms with Gasteiger partial charge in [-0.2, -0.15) is 0 Å². The van der Waals surface area contributed by atoms with Crippen LogP contribution in [0.3, 0.4) is 0 Å². The highest BCUT2D eigenvalue weighted by Crippen LogP contribution is 2.18. The molecule has 0 fully saturated rings. The highest BCUT2D eigenvalue weighted by atomic mass is 32.1. The number of nitrogens with zero attached hydrogens (tertiary/aromatic N) is 2. The van der Waals surface area contributed by atoms with E-state index in [9.17, 15) is 9.59 Å². The Morgan fingerprint density at radius 3 is 2.80 bits per heavy atom. The molecule has 0 aliphatic heterocycles. The summed E-state index contributed by atoms with van der Waals surface area (Å²) in [5.41, 5.74) is 1.89. The molecule has 7 heteroatoms. The fourth-order valence-corrected chi connectivity index (χ4v) is 2.38. The van der Waals surface area contributed by atoms with E-state index >= 15 is 0 Å². The first-order valence-corrected chi connectivity index (χ1v) is 6.76. The van der Waals surface area contributed by atoms with Gasteiger partial charge in [-0.05, 0) is 42.6 Å². The molecule has 0 aliphatic carbocycles. The Labute approximate surface area is 119 Å². The molecule has 0 unspecified atom stereocenters. The normalized spacial score (nSPS) is 10.3. The topological polar surface area (TPSA) is 92.2 Å². The molecule has 0 aliphatic rings. The highest BCUT2D eigenvalue weighted by Gasteiger charge is 2.16. The van der Waals surface area contributed by atoms with Gasteiger partial charge < -0.3 is 10.4 Å². The van der Waals surface area contributed by atoms with Crippen LogP contribution in [-0.4, -0.2) is 26.6 Å². The number of anilines is 1. The van der Waals surface area contributed by atoms with Gasteiger partial charge >= 0.3 is 5.97 Å². The van der Waals surface area contributed by atoms with E-state index in [1.54, 1.807) is 19.1 Å². The molecule has 6 nitrogen and oxygen atoms in total. The Hall–Kier alpha value is -2.28. The summed E-state index contributed by atoms with van der Waals surface area (Å²) in [6, 6.07) is 4.76. The molecule has 0 saturated heterocycles.